The monoisotopic (exact) mass is 221 g/mol. The van der Waals surface area contributed by atoms with Crippen LogP contribution in [0.3, 0.4) is 0 Å². The van der Waals surface area contributed by atoms with Gasteiger partial charge in [0.25, 0.3) is 0 Å². The summed E-state index contributed by atoms with van der Waals surface area (Å²) in [6.07, 6.45) is 0. The van der Waals surface area contributed by atoms with Gasteiger partial charge in [-0.1, -0.05) is 0 Å². The first-order valence-corrected chi connectivity index (χ1v) is 4.41. The van der Waals surface area contributed by atoms with Gasteiger partial charge in [-0.2, -0.15) is 0 Å². The molecule has 0 aliphatic rings. The summed E-state index contributed by atoms with van der Waals surface area (Å²) >= 11 is 0. The minimum Gasteiger partial charge on any atom is -0.480 e. The summed E-state index contributed by atoms with van der Waals surface area (Å²) in [4.78, 5) is 20.9. The Morgan fingerprint density at radius 1 is 1.13 bits per heavy atom. The number of aliphatic hydroxyl groups is 1. The molecule has 0 aromatic rings. The van der Waals surface area contributed by atoms with E-state index < -0.39 is 18.4 Å². The van der Waals surface area contributed by atoms with Crippen LogP contribution < -0.4 is 5.32 Å². The number of amides is 1. The van der Waals surface area contributed by atoms with E-state index in [0.29, 0.717) is 0 Å². The molecule has 0 aliphatic heterocycles. The third-order valence-corrected chi connectivity index (χ3v) is 1.28. The van der Waals surface area contributed by atoms with Crippen LogP contribution in [-0.2, 0) is 19.1 Å². The fraction of sp³-hybridized carbons (Fsp3) is 0.750. The Kier molecular flexibility index (Phi) is 8.64. The Morgan fingerprint density at radius 3 is 2.40 bits per heavy atom. The Labute approximate surface area is 87.0 Å². The van der Waals surface area contributed by atoms with Crippen LogP contribution in [0.5, 0.6) is 0 Å². The number of aliphatic carboxylic acids is 1. The molecule has 0 aromatic carbocycles. The van der Waals surface area contributed by atoms with Crippen LogP contribution in [0.15, 0.2) is 0 Å². The molecule has 0 saturated heterocycles. The lowest BCUT2D eigenvalue weighted by atomic mass is 10.5. The van der Waals surface area contributed by atoms with Crippen LogP contribution in [0.1, 0.15) is 0 Å². The summed E-state index contributed by atoms with van der Waals surface area (Å²) in [5.74, 6) is -1.59. The second kappa shape index (κ2) is 9.38. The Balaban J connectivity index is 3.20. The van der Waals surface area contributed by atoms with Gasteiger partial charge >= 0.3 is 5.97 Å². The SMILES string of the molecule is O=C(O)CNC(=O)COCCOCCO. The molecule has 0 rings (SSSR count). The Hall–Kier alpha value is -1.18. The molecule has 0 spiro atoms. The number of hydrogen-bond donors (Lipinski definition) is 3. The van der Waals surface area contributed by atoms with E-state index in [1.165, 1.54) is 0 Å². The molecule has 7 heteroatoms. The molecule has 0 radical (unpaired) electrons. The lowest BCUT2D eigenvalue weighted by molar-refractivity contribution is -0.138. The number of hydrogen-bond acceptors (Lipinski definition) is 5. The van der Waals surface area contributed by atoms with E-state index >= 15 is 0 Å². The quantitative estimate of drug-likeness (QED) is 0.397. The van der Waals surface area contributed by atoms with Crippen LogP contribution in [0, 0.1) is 0 Å². The smallest absolute Gasteiger partial charge is 0.322 e. The second-order valence-electron chi connectivity index (χ2n) is 2.56. The van der Waals surface area contributed by atoms with Crippen molar-refractivity contribution >= 4 is 11.9 Å². The number of carboxylic acids is 1. The zero-order chi connectivity index (χ0) is 11.5. The van der Waals surface area contributed by atoms with Gasteiger partial charge in [0.15, 0.2) is 0 Å². The fourth-order valence-corrected chi connectivity index (χ4v) is 0.675. The Morgan fingerprint density at radius 2 is 1.80 bits per heavy atom. The molecule has 0 heterocycles. The zero-order valence-electron chi connectivity index (χ0n) is 8.27. The van der Waals surface area contributed by atoms with Gasteiger partial charge in [-0.05, 0) is 0 Å². The highest BCUT2D eigenvalue weighted by Gasteiger charge is 2.03. The van der Waals surface area contributed by atoms with Crippen LogP contribution in [0.2, 0.25) is 0 Å². The number of aliphatic hydroxyl groups excluding tert-OH is 1. The van der Waals surface area contributed by atoms with E-state index in [2.05, 4.69) is 5.32 Å². The molecule has 0 saturated carbocycles. The van der Waals surface area contributed by atoms with Crippen molar-refractivity contribution < 1.29 is 29.3 Å². The average molecular weight is 221 g/mol. The van der Waals surface area contributed by atoms with E-state index in [1.54, 1.807) is 0 Å². The van der Waals surface area contributed by atoms with Crippen LogP contribution in [0.25, 0.3) is 0 Å². The molecule has 0 bridgehead atoms. The van der Waals surface area contributed by atoms with Crippen molar-refractivity contribution in [2.24, 2.45) is 0 Å². The molecular formula is C8H15NO6. The first kappa shape index (κ1) is 13.8. The minimum atomic E-state index is -1.10. The van der Waals surface area contributed by atoms with Gasteiger partial charge in [-0.25, -0.2) is 0 Å². The predicted octanol–water partition coefficient (Wildman–Crippen LogP) is -1.79. The molecule has 0 atom stereocenters. The number of carboxylic acid groups (broad SMARTS) is 1. The van der Waals surface area contributed by atoms with Crippen molar-refractivity contribution in [1.82, 2.24) is 5.32 Å². The van der Waals surface area contributed by atoms with E-state index in [0.717, 1.165) is 0 Å². The summed E-state index contributed by atoms with van der Waals surface area (Å²) in [5.41, 5.74) is 0. The summed E-state index contributed by atoms with van der Waals surface area (Å²) in [5, 5.41) is 18.7. The summed E-state index contributed by atoms with van der Waals surface area (Å²) in [7, 11) is 0. The van der Waals surface area contributed by atoms with Crippen molar-refractivity contribution in [1.29, 1.82) is 0 Å². The number of ether oxygens (including phenoxy) is 2. The number of rotatable bonds is 9. The molecule has 0 unspecified atom stereocenters. The molecule has 0 fully saturated rings. The Bertz CT molecular complexity index is 196. The third kappa shape index (κ3) is 10.7. The van der Waals surface area contributed by atoms with E-state index in [4.69, 9.17) is 19.7 Å². The minimum absolute atomic E-state index is 0.0565. The maximum atomic E-state index is 10.9. The van der Waals surface area contributed by atoms with Crippen molar-refractivity contribution in [2.45, 2.75) is 0 Å². The maximum absolute atomic E-state index is 10.9. The van der Waals surface area contributed by atoms with Gasteiger partial charge in [0.1, 0.15) is 13.2 Å². The van der Waals surface area contributed by atoms with Crippen LogP contribution in [-0.4, -0.2) is 61.7 Å². The van der Waals surface area contributed by atoms with Gasteiger partial charge in [-0.3, -0.25) is 9.59 Å². The molecule has 0 aliphatic carbocycles. The van der Waals surface area contributed by atoms with Gasteiger partial charge in [0, 0.05) is 0 Å². The molecule has 0 aromatic heterocycles. The predicted molar refractivity (Wildman–Crippen MR) is 49.4 cm³/mol. The zero-order valence-corrected chi connectivity index (χ0v) is 8.27. The summed E-state index contributed by atoms with van der Waals surface area (Å²) in [6, 6.07) is 0. The van der Waals surface area contributed by atoms with E-state index in [-0.39, 0.29) is 33.0 Å². The molecular weight excluding hydrogens is 206 g/mol. The first-order chi connectivity index (χ1) is 7.16. The summed E-state index contributed by atoms with van der Waals surface area (Å²) in [6.45, 7) is 0.0693. The van der Waals surface area contributed by atoms with Crippen molar-refractivity contribution in [3.8, 4) is 0 Å². The van der Waals surface area contributed by atoms with Gasteiger partial charge < -0.3 is 25.0 Å². The molecule has 88 valence electrons. The highest BCUT2D eigenvalue weighted by atomic mass is 16.5. The second-order valence-corrected chi connectivity index (χ2v) is 2.56. The van der Waals surface area contributed by atoms with Crippen molar-refractivity contribution in [3.05, 3.63) is 0 Å². The van der Waals surface area contributed by atoms with Crippen LogP contribution in [0.4, 0.5) is 0 Å². The number of carbonyl (C=O) groups excluding carboxylic acids is 1. The molecule has 1 amide bonds. The van der Waals surface area contributed by atoms with E-state index in [9.17, 15) is 9.59 Å². The average Bonchev–Trinajstić information content (AvgIpc) is 2.20. The normalized spacial score (nSPS) is 9.93. The van der Waals surface area contributed by atoms with Crippen molar-refractivity contribution in [3.63, 3.8) is 0 Å². The maximum Gasteiger partial charge on any atom is 0.322 e. The summed E-state index contributed by atoms with van der Waals surface area (Å²) < 4.78 is 9.72. The van der Waals surface area contributed by atoms with Gasteiger partial charge in [0.2, 0.25) is 5.91 Å². The highest BCUT2D eigenvalue weighted by Crippen LogP contribution is 1.78. The van der Waals surface area contributed by atoms with E-state index in [1.807, 2.05) is 0 Å². The lowest BCUT2D eigenvalue weighted by Gasteiger charge is -2.04. The standard InChI is InChI=1S/C8H15NO6/c10-1-2-14-3-4-15-6-7(11)9-5-8(12)13/h10H,1-6H2,(H,9,11)(H,12,13). The van der Waals surface area contributed by atoms with Crippen molar-refractivity contribution in [2.75, 3.05) is 39.6 Å². The highest BCUT2D eigenvalue weighted by molar-refractivity contribution is 5.81. The number of carbonyl (C=O) groups is 2. The number of nitrogens with one attached hydrogen (secondary N) is 1. The molecule has 15 heavy (non-hydrogen) atoms. The first-order valence-electron chi connectivity index (χ1n) is 4.41. The van der Waals surface area contributed by atoms with Gasteiger partial charge in [-0.15, -0.1) is 0 Å². The third-order valence-electron chi connectivity index (χ3n) is 1.28. The largest absolute Gasteiger partial charge is 0.480 e. The lowest BCUT2D eigenvalue weighted by Crippen LogP contribution is -2.32. The van der Waals surface area contributed by atoms with Gasteiger partial charge in [0.05, 0.1) is 26.4 Å². The fourth-order valence-electron chi connectivity index (χ4n) is 0.675. The molecule has 3 N–H and O–H groups in total. The van der Waals surface area contributed by atoms with Crippen LogP contribution >= 0.6 is 0 Å². The molecule has 7 nitrogen and oxygen atoms in total. The topological polar surface area (TPSA) is 105 Å².